The monoisotopic (exact) mass is 480 g/mol. The van der Waals surface area contributed by atoms with E-state index in [4.69, 9.17) is 0 Å². The molecule has 0 radical (unpaired) electrons. The summed E-state index contributed by atoms with van der Waals surface area (Å²) in [5.41, 5.74) is 2.02. The molecule has 0 fully saturated rings. The average molecular weight is 480 g/mol. The maximum atomic E-state index is 13.1. The molecule has 4 aromatic rings. The molecule has 0 saturated heterocycles. The number of sulfonamides is 1. The lowest BCUT2D eigenvalue weighted by Gasteiger charge is -2.12. The zero-order valence-corrected chi connectivity index (χ0v) is 18.3. The average Bonchev–Trinajstić information content (AvgIpc) is 2.82. The fourth-order valence-corrected chi connectivity index (χ4v) is 4.24. The van der Waals surface area contributed by atoms with Crippen LogP contribution in [0.3, 0.4) is 0 Å². The molecule has 6 nitrogen and oxygen atoms in total. The molecule has 0 bridgehead atoms. The van der Waals surface area contributed by atoms with Gasteiger partial charge in [0.25, 0.3) is 15.9 Å². The molecule has 0 unspecified atom stereocenters. The highest BCUT2D eigenvalue weighted by Crippen LogP contribution is 2.29. The fraction of sp³-hybridized carbons (Fsp3) is 0. The largest absolute Gasteiger partial charge is 0.506 e. The van der Waals surface area contributed by atoms with Gasteiger partial charge >= 0.3 is 0 Å². The first-order valence-corrected chi connectivity index (χ1v) is 11.5. The Morgan fingerprint density at radius 2 is 1.26 bits per heavy atom. The summed E-state index contributed by atoms with van der Waals surface area (Å²) >= 11 is 0. The van der Waals surface area contributed by atoms with Crippen molar-refractivity contribution in [1.82, 2.24) is 0 Å². The van der Waals surface area contributed by atoms with Gasteiger partial charge in [0.15, 0.2) is 0 Å². The lowest BCUT2D eigenvalue weighted by molar-refractivity contribution is 0.102. The van der Waals surface area contributed by atoms with Crippen LogP contribution >= 0.6 is 0 Å². The molecular formula is C25H18F2N2O4S. The summed E-state index contributed by atoms with van der Waals surface area (Å²) in [6.07, 6.45) is 0. The van der Waals surface area contributed by atoms with Crippen molar-refractivity contribution in [2.45, 2.75) is 4.90 Å². The smallest absolute Gasteiger partial charge is 0.262 e. The highest BCUT2D eigenvalue weighted by atomic mass is 32.2. The molecule has 0 aliphatic rings. The van der Waals surface area contributed by atoms with Gasteiger partial charge in [0.1, 0.15) is 17.4 Å². The number of hydrogen-bond acceptors (Lipinski definition) is 4. The van der Waals surface area contributed by atoms with E-state index in [0.717, 1.165) is 35.4 Å². The van der Waals surface area contributed by atoms with Gasteiger partial charge in [-0.1, -0.05) is 24.3 Å². The SMILES string of the molecule is O=C(Nc1ccc(O)c(NS(=O)(=O)c2ccc(F)cc2)c1)c1ccc(-c2ccc(F)cc2)cc1. The fourth-order valence-electron chi connectivity index (χ4n) is 3.17. The van der Waals surface area contributed by atoms with E-state index in [0.29, 0.717) is 5.56 Å². The van der Waals surface area contributed by atoms with Crippen molar-refractivity contribution in [3.63, 3.8) is 0 Å². The van der Waals surface area contributed by atoms with Crippen LogP contribution in [0.15, 0.2) is 95.9 Å². The van der Waals surface area contributed by atoms with E-state index in [1.807, 2.05) is 0 Å². The zero-order chi connectivity index (χ0) is 24.3. The highest BCUT2D eigenvalue weighted by Gasteiger charge is 2.17. The number of aromatic hydroxyl groups is 1. The maximum absolute atomic E-state index is 13.1. The van der Waals surface area contributed by atoms with E-state index in [-0.39, 0.29) is 27.8 Å². The molecule has 172 valence electrons. The van der Waals surface area contributed by atoms with Crippen molar-refractivity contribution >= 4 is 27.3 Å². The van der Waals surface area contributed by atoms with Crippen LogP contribution in [0, 0.1) is 11.6 Å². The number of nitrogens with one attached hydrogen (secondary N) is 2. The first-order valence-electron chi connectivity index (χ1n) is 10.00. The summed E-state index contributed by atoms with van der Waals surface area (Å²) in [4.78, 5) is 12.5. The van der Waals surface area contributed by atoms with Crippen LogP contribution in [0.2, 0.25) is 0 Å². The summed E-state index contributed by atoms with van der Waals surface area (Å²) in [6, 6.07) is 20.7. The number of carbonyl (C=O) groups is 1. The zero-order valence-electron chi connectivity index (χ0n) is 17.5. The van der Waals surface area contributed by atoms with Gasteiger partial charge in [-0.3, -0.25) is 9.52 Å². The van der Waals surface area contributed by atoms with Crippen LogP contribution in [0.5, 0.6) is 5.75 Å². The van der Waals surface area contributed by atoms with Crippen LogP contribution < -0.4 is 10.0 Å². The number of phenolic OH excluding ortho intramolecular Hbond substituents is 1. The second kappa shape index (κ2) is 9.32. The van der Waals surface area contributed by atoms with Crippen LogP contribution in [0.25, 0.3) is 11.1 Å². The lowest BCUT2D eigenvalue weighted by atomic mass is 10.0. The molecule has 9 heteroatoms. The van der Waals surface area contributed by atoms with Crippen LogP contribution in [-0.2, 0) is 10.0 Å². The minimum atomic E-state index is -4.10. The van der Waals surface area contributed by atoms with Crippen LogP contribution in [0.4, 0.5) is 20.2 Å². The van der Waals surface area contributed by atoms with Gasteiger partial charge in [-0.25, -0.2) is 17.2 Å². The molecule has 34 heavy (non-hydrogen) atoms. The molecule has 0 aromatic heterocycles. The Hall–Kier alpha value is -4.24. The molecule has 0 atom stereocenters. The molecule has 0 spiro atoms. The molecule has 0 aliphatic carbocycles. The Morgan fingerprint density at radius 1 is 0.735 bits per heavy atom. The molecular weight excluding hydrogens is 462 g/mol. The minimum Gasteiger partial charge on any atom is -0.506 e. The van der Waals surface area contributed by atoms with E-state index in [1.165, 1.54) is 30.3 Å². The van der Waals surface area contributed by atoms with Crippen LogP contribution in [0.1, 0.15) is 10.4 Å². The standard InChI is InChI=1S/C25H18F2N2O4S/c26-19-7-5-17(6-8-19)16-1-3-18(4-2-16)25(31)28-21-11-14-24(30)23(15-21)29-34(32,33)22-12-9-20(27)10-13-22/h1-15,29-30H,(H,28,31). The number of benzene rings is 4. The number of phenols is 1. The third kappa shape index (κ3) is 5.21. The van der Waals surface area contributed by atoms with Crippen molar-refractivity contribution in [3.8, 4) is 16.9 Å². The predicted octanol–water partition coefficient (Wildman–Crippen LogP) is 5.39. The summed E-state index contributed by atoms with van der Waals surface area (Å²) in [6.45, 7) is 0. The van der Waals surface area contributed by atoms with Crippen molar-refractivity contribution in [2.75, 3.05) is 10.0 Å². The number of amides is 1. The minimum absolute atomic E-state index is 0.159. The first kappa shape index (κ1) is 22.9. The Morgan fingerprint density at radius 3 is 1.85 bits per heavy atom. The van der Waals surface area contributed by atoms with Gasteiger partial charge in [0, 0.05) is 11.3 Å². The molecule has 0 saturated carbocycles. The quantitative estimate of drug-likeness (QED) is 0.255. The predicted molar refractivity (Wildman–Crippen MR) is 125 cm³/mol. The lowest BCUT2D eigenvalue weighted by Crippen LogP contribution is -2.14. The molecule has 0 heterocycles. The third-order valence-electron chi connectivity index (χ3n) is 4.95. The molecule has 1 amide bonds. The Labute approximate surface area is 194 Å². The van der Waals surface area contributed by atoms with Crippen molar-refractivity contribution in [3.05, 3.63) is 108 Å². The molecule has 3 N–H and O–H groups in total. The van der Waals surface area contributed by atoms with E-state index in [1.54, 1.807) is 36.4 Å². The number of rotatable bonds is 6. The summed E-state index contributed by atoms with van der Waals surface area (Å²) in [5.74, 6) is -1.74. The van der Waals surface area contributed by atoms with E-state index < -0.39 is 21.7 Å². The second-order valence-corrected chi connectivity index (χ2v) is 9.01. The van der Waals surface area contributed by atoms with Crippen molar-refractivity contribution in [1.29, 1.82) is 0 Å². The summed E-state index contributed by atoms with van der Waals surface area (Å²) in [7, 11) is -4.10. The van der Waals surface area contributed by atoms with E-state index in [9.17, 15) is 27.1 Å². The number of anilines is 2. The van der Waals surface area contributed by atoms with Gasteiger partial charge in [0.2, 0.25) is 0 Å². The number of halogens is 2. The Bertz CT molecular complexity index is 1440. The maximum Gasteiger partial charge on any atom is 0.262 e. The number of carbonyl (C=O) groups excluding carboxylic acids is 1. The first-order chi connectivity index (χ1) is 16.2. The second-order valence-electron chi connectivity index (χ2n) is 7.33. The van der Waals surface area contributed by atoms with E-state index in [2.05, 4.69) is 10.0 Å². The van der Waals surface area contributed by atoms with Crippen molar-refractivity contribution in [2.24, 2.45) is 0 Å². The van der Waals surface area contributed by atoms with Gasteiger partial charge in [-0.05, 0) is 77.9 Å². The highest BCUT2D eigenvalue weighted by molar-refractivity contribution is 7.92. The van der Waals surface area contributed by atoms with Gasteiger partial charge in [-0.2, -0.15) is 0 Å². The number of hydrogen-bond donors (Lipinski definition) is 3. The Kier molecular flexibility index (Phi) is 6.29. The molecule has 4 aromatic carbocycles. The van der Waals surface area contributed by atoms with Gasteiger partial charge in [0.05, 0.1) is 10.6 Å². The molecule has 0 aliphatic heterocycles. The normalized spacial score (nSPS) is 11.1. The Balaban J connectivity index is 1.50. The van der Waals surface area contributed by atoms with Crippen molar-refractivity contribution < 1.29 is 27.1 Å². The van der Waals surface area contributed by atoms with E-state index >= 15 is 0 Å². The topological polar surface area (TPSA) is 95.5 Å². The third-order valence-corrected chi connectivity index (χ3v) is 6.33. The summed E-state index contributed by atoms with van der Waals surface area (Å²) < 4.78 is 53.5. The van der Waals surface area contributed by atoms with Gasteiger partial charge in [-0.15, -0.1) is 0 Å². The summed E-state index contributed by atoms with van der Waals surface area (Å²) in [5, 5.41) is 12.7. The van der Waals surface area contributed by atoms with Gasteiger partial charge < -0.3 is 10.4 Å². The molecule has 4 rings (SSSR count). The van der Waals surface area contributed by atoms with Crippen LogP contribution in [-0.4, -0.2) is 19.4 Å².